The van der Waals surface area contributed by atoms with E-state index >= 15 is 0 Å². The summed E-state index contributed by atoms with van der Waals surface area (Å²) in [5, 5.41) is 7.87. The second-order valence-corrected chi connectivity index (χ2v) is 8.88. The standard InChI is InChI=1S/C21H23ClFN5OS/c1-12(2)25-21-24-11-19(30-21)18-10-17(15-4-3-13(23)9-16(15)22)27-20(28-18)26-14-5-7-29-8-6-14/h3-4,9-12,14H,5-8H2,1-2H3,(H,24,25)(H,26,27,28). The van der Waals surface area contributed by atoms with Crippen LogP contribution < -0.4 is 10.6 Å². The smallest absolute Gasteiger partial charge is 0.224 e. The average molecular weight is 448 g/mol. The highest BCUT2D eigenvalue weighted by molar-refractivity contribution is 7.18. The molecule has 158 valence electrons. The summed E-state index contributed by atoms with van der Waals surface area (Å²) in [6.45, 7) is 5.56. The van der Waals surface area contributed by atoms with Crippen LogP contribution in [0.2, 0.25) is 5.02 Å². The van der Waals surface area contributed by atoms with Crippen molar-refractivity contribution in [1.29, 1.82) is 0 Å². The molecule has 0 bridgehead atoms. The summed E-state index contributed by atoms with van der Waals surface area (Å²) in [6, 6.07) is 6.70. The van der Waals surface area contributed by atoms with E-state index < -0.39 is 0 Å². The van der Waals surface area contributed by atoms with Crippen LogP contribution in [0.4, 0.5) is 15.5 Å². The first kappa shape index (κ1) is 21.0. The number of benzene rings is 1. The highest BCUT2D eigenvalue weighted by Gasteiger charge is 2.18. The van der Waals surface area contributed by atoms with Crippen LogP contribution in [0.5, 0.6) is 0 Å². The van der Waals surface area contributed by atoms with Gasteiger partial charge in [-0.25, -0.2) is 19.3 Å². The zero-order valence-electron chi connectivity index (χ0n) is 16.8. The van der Waals surface area contributed by atoms with Gasteiger partial charge in [-0.2, -0.15) is 0 Å². The molecule has 3 aromatic rings. The molecule has 0 aliphatic carbocycles. The molecular weight excluding hydrogens is 425 g/mol. The molecule has 1 aliphatic heterocycles. The van der Waals surface area contributed by atoms with Crippen LogP contribution in [-0.2, 0) is 4.74 Å². The van der Waals surface area contributed by atoms with E-state index in [1.54, 1.807) is 12.3 Å². The van der Waals surface area contributed by atoms with Crippen molar-refractivity contribution < 1.29 is 9.13 Å². The Bertz CT molecular complexity index is 1020. The number of hydrogen-bond acceptors (Lipinski definition) is 7. The molecule has 2 N–H and O–H groups in total. The molecule has 1 fully saturated rings. The fourth-order valence-corrected chi connectivity index (χ4v) is 4.39. The molecule has 0 saturated carbocycles. The Balaban J connectivity index is 1.72. The Morgan fingerprint density at radius 2 is 1.93 bits per heavy atom. The van der Waals surface area contributed by atoms with Crippen LogP contribution in [0.1, 0.15) is 26.7 Å². The van der Waals surface area contributed by atoms with Gasteiger partial charge >= 0.3 is 0 Å². The third-order valence-corrected chi connectivity index (χ3v) is 5.92. The number of anilines is 2. The van der Waals surface area contributed by atoms with Crippen molar-refractivity contribution in [3.63, 3.8) is 0 Å². The maximum atomic E-state index is 13.5. The second-order valence-electron chi connectivity index (χ2n) is 7.45. The number of aromatic nitrogens is 3. The van der Waals surface area contributed by atoms with Gasteiger partial charge in [-0.1, -0.05) is 22.9 Å². The number of nitrogens with one attached hydrogen (secondary N) is 2. The molecular formula is C21H23ClFN5OS. The van der Waals surface area contributed by atoms with Crippen molar-refractivity contribution in [1.82, 2.24) is 15.0 Å². The minimum atomic E-state index is -0.384. The van der Waals surface area contributed by atoms with Gasteiger partial charge in [0.05, 0.1) is 21.3 Å². The van der Waals surface area contributed by atoms with Crippen molar-refractivity contribution in [2.75, 3.05) is 23.8 Å². The van der Waals surface area contributed by atoms with E-state index in [1.807, 2.05) is 6.07 Å². The van der Waals surface area contributed by atoms with Crippen molar-refractivity contribution in [2.45, 2.75) is 38.8 Å². The molecule has 30 heavy (non-hydrogen) atoms. The van der Waals surface area contributed by atoms with E-state index in [2.05, 4.69) is 34.4 Å². The first-order valence-electron chi connectivity index (χ1n) is 9.89. The maximum absolute atomic E-state index is 13.5. The number of halogens is 2. The number of hydrogen-bond donors (Lipinski definition) is 2. The molecule has 3 heterocycles. The predicted octanol–water partition coefficient (Wildman–Crippen LogP) is 5.47. The predicted molar refractivity (Wildman–Crippen MR) is 120 cm³/mol. The SMILES string of the molecule is CC(C)Nc1ncc(-c2cc(-c3ccc(F)cc3Cl)nc(NC3CCOCC3)n2)s1. The number of thiazole rings is 1. The van der Waals surface area contributed by atoms with E-state index in [0.29, 0.717) is 35.4 Å². The van der Waals surface area contributed by atoms with Crippen molar-refractivity contribution in [3.05, 3.63) is 41.3 Å². The molecule has 1 aromatic carbocycles. The largest absolute Gasteiger partial charge is 0.381 e. The van der Waals surface area contributed by atoms with Crippen LogP contribution in [0.15, 0.2) is 30.5 Å². The summed E-state index contributed by atoms with van der Waals surface area (Å²) in [5.41, 5.74) is 2.03. The Hall–Kier alpha value is -2.29. The molecule has 2 aromatic heterocycles. The molecule has 0 unspecified atom stereocenters. The van der Waals surface area contributed by atoms with Gasteiger partial charge in [-0.3, -0.25) is 0 Å². The van der Waals surface area contributed by atoms with E-state index in [1.165, 1.54) is 23.5 Å². The molecule has 0 atom stereocenters. The Morgan fingerprint density at radius 3 is 2.67 bits per heavy atom. The summed E-state index contributed by atoms with van der Waals surface area (Å²) in [4.78, 5) is 14.7. The van der Waals surface area contributed by atoms with Gasteiger partial charge in [-0.05, 0) is 51.0 Å². The highest BCUT2D eigenvalue weighted by atomic mass is 35.5. The van der Waals surface area contributed by atoms with Gasteiger partial charge in [0.25, 0.3) is 0 Å². The quantitative estimate of drug-likeness (QED) is 0.522. The maximum Gasteiger partial charge on any atom is 0.224 e. The third kappa shape index (κ3) is 5.06. The van der Waals surface area contributed by atoms with Crippen LogP contribution in [0.3, 0.4) is 0 Å². The van der Waals surface area contributed by atoms with Gasteiger partial charge in [0.15, 0.2) is 5.13 Å². The van der Waals surface area contributed by atoms with Gasteiger partial charge in [0, 0.05) is 37.1 Å². The van der Waals surface area contributed by atoms with Crippen LogP contribution in [0, 0.1) is 5.82 Å². The van der Waals surface area contributed by atoms with Gasteiger partial charge in [-0.15, -0.1) is 0 Å². The molecule has 9 heteroatoms. The van der Waals surface area contributed by atoms with E-state index in [-0.39, 0.29) is 17.9 Å². The fraction of sp³-hybridized carbons (Fsp3) is 0.381. The van der Waals surface area contributed by atoms with E-state index in [0.717, 1.165) is 28.5 Å². The lowest BCUT2D eigenvalue weighted by Gasteiger charge is -2.23. The minimum absolute atomic E-state index is 0.241. The first-order valence-corrected chi connectivity index (χ1v) is 11.1. The monoisotopic (exact) mass is 447 g/mol. The van der Waals surface area contributed by atoms with Crippen LogP contribution in [-0.4, -0.2) is 40.2 Å². The van der Waals surface area contributed by atoms with E-state index in [9.17, 15) is 4.39 Å². The number of nitrogens with zero attached hydrogens (tertiary/aromatic N) is 3. The zero-order chi connectivity index (χ0) is 21.1. The van der Waals surface area contributed by atoms with Gasteiger partial charge < -0.3 is 15.4 Å². The lowest BCUT2D eigenvalue weighted by atomic mass is 10.1. The van der Waals surface area contributed by atoms with Crippen LogP contribution >= 0.6 is 22.9 Å². The minimum Gasteiger partial charge on any atom is -0.381 e. The molecule has 1 aliphatic rings. The summed E-state index contributed by atoms with van der Waals surface area (Å²) in [7, 11) is 0. The normalized spacial score (nSPS) is 14.8. The van der Waals surface area contributed by atoms with Crippen molar-refractivity contribution >= 4 is 34.0 Å². The molecule has 0 spiro atoms. The first-order chi connectivity index (χ1) is 14.5. The average Bonchev–Trinajstić information content (AvgIpc) is 3.16. The summed E-state index contributed by atoms with van der Waals surface area (Å²) in [6.07, 6.45) is 3.58. The Labute approximate surface area is 183 Å². The van der Waals surface area contributed by atoms with Gasteiger partial charge in [0.2, 0.25) is 5.95 Å². The third-order valence-electron chi connectivity index (χ3n) is 4.66. The second kappa shape index (κ2) is 9.24. The van der Waals surface area contributed by atoms with Gasteiger partial charge in [0.1, 0.15) is 5.82 Å². The molecule has 1 saturated heterocycles. The topological polar surface area (TPSA) is 72.0 Å². The summed E-state index contributed by atoms with van der Waals surface area (Å²) < 4.78 is 19.0. The van der Waals surface area contributed by atoms with Crippen molar-refractivity contribution in [3.8, 4) is 21.8 Å². The zero-order valence-corrected chi connectivity index (χ0v) is 18.4. The molecule has 0 radical (unpaired) electrons. The lowest BCUT2D eigenvalue weighted by molar-refractivity contribution is 0.0903. The van der Waals surface area contributed by atoms with Crippen molar-refractivity contribution in [2.24, 2.45) is 0 Å². The Morgan fingerprint density at radius 1 is 1.17 bits per heavy atom. The highest BCUT2D eigenvalue weighted by Crippen LogP contribution is 2.34. The lowest BCUT2D eigenvalue weighted by Crippen LogP contribution is -2.28. The van der Waals surface area contributed by atoms with E-state index in [4.69, 9.17) is 21.3 Å². The molecule has 4 rings (SSSR count). The summed E-state index contributed by atoms with van der Waals surface area (Å²) >= 11 is 7.84. The fourth-order valence-electron chi connectivity index (χ4n) is 3.20. The summed E-state index contributed by atoms with van der Waals surface area (Å²) in [5.74, 6) is 0.131. The van der Waals surface area contributed by atoms with Crippen LogP contribution in [0.25, 0.3) is 21.8 Å². The Kier molecular flexibility index (Phi) is 6.46. The number of rotatable bonds is 6. The molecule has 0 amide bonds. The number of ether oxygens (including phenoxy) is 1. The molecule has 6 nitrogen and oxygen atoms in total.